The maximum Gasteiger partial charge on any atom is 0.278 e. The Morgan fingerprint density at radius 2 is 1.79 bits per heavy atom. The number of halogens is 1. The highest BCUT2D eigenvalue weighted by molar-refractivity contribution is 6.34. The molecule has 2 aromatic carbocycles. The van der Waals surface area contributed by atoms with Crippen LogP contribution < -0.4 is 10.6 Å². The van der Waals surface area contributed by atoms with Gasteiger partial charge in [0.1, 0.15) is 0 Å². The van der Waals surface area contributed by atoms with E-state index in [1.165, 1.54) is 4.80 Å². The lowest BCUT2D eigenvalue weighted by Gasteiger charge is -2.09. The highest BCUT2D eigenvalue weighted by Gasteiger charge is 2.18. The van der Waals surface area contributed by atoms with E-state index in [9.17, 15) is 9.59 Å². The Morgan fingerprint density at radius 3 is 2.48 bits per heavy atom. The minimum Gasteiger partial charge on any atom is -0.326 e. The zero-order valence-electron chi connectivity index (χ0n) is 16.7. The van der Waals surface area contributed by atoms with Crippen molar-refractivity contribution in [1.82, 2.24) is 15.0 Å². The number of aromatic nitrogens is 3. The normalized spacial score (nSPS) is 10.7. The second-order valence-electron chi connectivity index (χ2n) is 6.76. The van der Waals surface area contributed by atoms with Crippen molar-refractivity contribution >= 4 is 34.8 Å². The number of anilines is 2. The number of rotatable bonds is 5. The first-order valence-electron chi connectivity index (χ1n) is 9.20. The number of amides is 2. The number of carbonyl (C=O) groups excluding carboxylic acids is 2. The fourth-order valence-electron chi connectivity index (χ4n) is 2.86. The number of nitrogens with zero attached hydrogens (tertiary/aromatic N) is 3. The number of hydrogen-bond acceptors (Lipinski definition) is 4. The third-order valence-electron chi connectivity index (χ3n) is 4.38. The van der Waals surface area contributed by atoms with Crippen LogP contribution in [0.15, 0.2) is 36.4 Å². The molecule has 29 heavy (non-hydrogen) atoms. The van der Waals surface area contributed by atoms with Crippen molar-refractivity contribution in [3.05, 3.63) is 63.9 Å². The van der Waals surface area contributed by atoms with Crippen molar-refractivity contribution in [2.24, 2.45) is 0 Å². The van der Waals surface area contributed by atoms with Gasteiger partial charge in [-0.1, -0.05) is 36.2 Å². The van der Waals surface area contributed by atoms with Crippen molar-refractivity contribution in [3.63, 3.8) is 0 Å². The molecule has 0 bridgehead atoms. The average Bonchev–Trinajstić information content (AvgIpc) is 3.05. The van der Waals surface area contributed by atoms with Crippen LogP contribution in [-0.4, -0.2) is 26.8 Å². The minimum atomic E-state index is -0.431. The molecule has 0 spiro atoms. The lowest BCUT2D eigenvalue weighted by molar-refractivity contribution is -0.115. The molecule has 0 aliphatic carbocycles. The molecule has 1 aromatic heterocycles. The van der Waals surface area contributed by atoms with E-state index in [1.807, 2.05) is 32.0 Å². The Labute approximate surface area is 174 Å². The molecule has 8 heteroatoms. The van der Waals surface area contributed by atoms with Gasteiger partial charge in [0.15, 0.2) is 5.69 Å². The van der Waals surface area contributed by atoms with Crippen LogP contribution in [0, 0.1) is 20.8 Å². The Kier molecular flexibility index (Phi) is 5.98. The molecule has 0 unspecified atom stereocenters. The van der Waals surface area contributed by atoms with Crippen LogP contribution in [-0.2, 0) is 4.79 Å². The van der Waals surface area contributed by atoms with Crippen LogP contribution in [0.4, 0.5) is 11.4 Å². The van der Waals surface area contributed by atoms with E-state index < -0.39 is 5.91 Å². The topological polar surface area (TPSA) is 88.9 Å². The first-order valence-corrected chi connectivity index (χ1v) is 9.58. The van der Waals surface area contributed by atoms with Crippen LogP contribution in [0.3, 0.4) is 0 Å². The van der Waals surface area contributed by atoms with E-state index in [1.54, 1.807) is 32.0 Å². The van der Waals surface area contributed by atoms with E-state index >= 15 is 0 Å². The molecule has 0 aliphatic rings. The molecular weight excluding hydrogens is 390 g/mol. The molecule has 0 atom stereocenters. The van der Waals surface area contributed by atoms with Gasteiger partial charge in [-0.05, 0) is 50.6 Å². The van der Waals surface area contributed by atoms with Crippen LogP contribution >= 0.6 is 11.6 Å². The second-order valence-corrected chi connectivity index (χ2v) is 7.17. The van der Waals surface area contributed by atoms with Crippen LogP contribution in [0.1, 0.15) is 40.7 Å². The monoisotopic (exact) mass is 411 g/mol. The van der Waals surface area contributed by atoms with Gasteiger partial charge in [0, 0.05) is 12.1 Å². The number of benzene rings is 2. The summed E-state index contributed by atoms with van der Waals surface area (Å²) in [6.45, 7) is 7.46. The molecule has 0 aliphatic heterocycles. The Morgan fingerprint density at radius 1 is 1.03 bits per heavy atom. The van der Waals surface area contributed by atoms with E-state index in [-0.39, 0.29) is 11.6 Å². The molecule has 150 valence electrons. The maximum absolute atomic E-state index is 12.8. The highest BCUT2D eigenvalue weighted by atomic mass is 35.5. The number of hydrogen-bond donors (Lipinski definition) is 2. The quantitative estimate of drug-likeness (QED) is 0.649. The predicted molar refractivity (Wildman–Crippen MR) is 114 cm³/mol. The summed E-state index contributed by atoms with van der Waals surface area (Å²) in [5.74, 6) is -0.559. The fraction of sp³-hybridized carbons (Fsp3) is 0.238. The SMILES string of the molecule is CCC(=O)Nc1ccc(Cl)c(NC(=O)c2nn(-c3ccc(C)cc3C)nc2C)c1. The molecular formula is C21H22ClN5O2. The van der Waals surface area contributed by atoms with Gasteiger partial charge in [0.05, 0.1) is 22.1 Å². The maximum atomic E-state index is 12.8. The third-order valence-corrected chi connectivity index (χ3v) is 4.71. The first kappa shape index (κ1) is 20.5. The minimum absolute atomic E-state index is 0.128. The van der Waals surface area contributed by atoms with Crippen molar-refractivity contribution in [1.29, 1.82) is 0 Å². The van der Waals surface area contributed by atoms with Crippen molar-refractivity contribution in [2.45, 2.75) is 34.1 Å². The summed E-state index contributed by atoms with van der Waals surface area (Å²) < 4.78 is 0. The van der Waals surface area contributed by atoms with Gasteiger partial charge < -0.3 is 10.6 Å². The molecule has 0 radical (unpaired) electrons. The second kappa shape index (κ2) is 8.45. The van der Waals surface area contributed by atoms with E-state index in [0.717, 1.165) is 16.8 Å². The van der Waals surface area contributed by atoms with E-state index in [2.05, 4.69) is 20.8 Å². The zero-order valence-corrected chi connectivity index (χ0v) is 17.5. The summed E-state index contributed by atoms with van der Waals surface area (Å²) in [5.41, 5.74) is 4.57. The molecule has 2 amide bonds. The van der Waals surface area contributed by atoms with Gasteiger partial charge in [0.25, 0.3) is 5.91 Å². The first-order chi connectivity index (χ1) is 13.8. The van der Waals surface area contributed by atoms with Gasteiger partial charge >= 0.3 is 0 Å². The number of carbonyl (C=O) groups is 2. The summed E-state index contributed by atoms with van der Waals surface area (Å²) >= 11 is 6.21. The molecule has 0 saturated carbocycles. The molecule has 1 heterocycles. The zero-order chi connectivity index (χ0) is 21.1. The van der Waals surface area contributed by atoms with Gasteiger partial charge in [-0.25, -0.2) is 0 Å². The summed E-state index contributed by atoms with van der Waals surface area (Å²) in [4.78, 5) is 25.8. The number of aryl methyl sites for hydroxylation is 3. The van der Waals surface area contributed by atoms with Crippen molar-refractivity contribution in [2.75, 3.05) is 10.6 Å². The summed E-state index contributed by atoms with van der Waals surface area (Å²) in [7, 11) is 0. The molecule has 0 fully saturated rings. The molecule has 3 aromatic rings. The van der Waals surface area contributed by atoms with Crippen molar-refractivity contribution in [3.8, 4) is 5.69 Å². The lowest BCUT2D eigenvalue weighted by Crippen LogP contribution is -2.15. The molecule has 0 saturated heterocycles. The Bertz CT molecular complexity index is 1090. The largest absolute Gasteiger partial charge is 0.326 e. The highest BCUT2D eigenvalue weighted by Crippen LogP contribution is 2.26. The molecule has 7 nitrogen and oxygen atoms in total. The summed E-state index contributed by atoms with van der Waals surface area (Å²) in [5, 5.41) is 14.6. The molecule has 3 rings (SSSR count). The average molecular weight is 412 g/mol. The Balaban J connectivity index is 1.86. The lowest BCUT2D eigenvalue weighted by atomic mass is 10.1. The van der Waals surface area contributed by atoms with Gasteiger partial charge in [-0.15, -0.1) is 5.10 Å². The summed E-state index contributed by atoms with van der Waals surface area (Å²) in [6.07, 6.45) is 0.352. The van der Waals surface area contributed by atoms with E-state index in [0.29, 0.717) is 28.5 Å². The van der Waals surface area contributed by atoms with Crippen molar-refractivity contribution < 1.29 is 9.59 Å². The van der Waals surface area contributed by atoms with Crippen LogP contribution in [0.5, 0.6) is 0 Å². The number of nitrogens with one attached hydrogen (secondary N) is 2. The van der Waals surface area contributed by atoms with Crippen LogP contribution in [0.25, 0.3) is 5.69 Å². The third kappa shape index (κ3) is 4.63. The van der Waals surface area contributed by atoms with Gasteiger partial charge in [0.2, 0.25) is 5.91 Å². The Hall–Kier alpha value is -3.19. The van der Waals surface area contributed by atoms with E-state index in [4.69, 9.17) is 11.6 Å². The molecule has 2 N–H and O–H groups in total. The predicted octanol–water partition coefficient (Wildman–Crippen LogP) is 4.45. The van der Waals surface area contributed by atoms with Crippen LogP contribution in [0.2, 0.25) is 5.02 Å². The van der Waals surface area contributed by atoms with Gasteiger partial charge in [-0.2, -0.15) is 9.90 Å². The fourth-order valence-corrected chi connectivity index (χ4v) is 3.02. The standard InChI is InChI=1S/C21H22ClN5O2/c1-5-19(28)23-15-7-8-16(22)17(11-15)24-21(29)20-14(4)25-27(26-20)18-9-6-12(2)10-13(18)3/h6-11H,5H2,1-4H3,(H,23,28)(H,24,29). The smallest absolute Gasteiger partial charge is 0.278 e. The van der Waals surface area contributed by atoms with Gasteiger partial charge in [-0.3, -0.25) is 9.59 Å². The summed E-state index contributed by atoms with van der Waals surface area (Å²) in [6, 6.07) is 10.8.